The molecule has 0 aromatic carbocycles. The van der Waals surface area contributed by atoms with E-state index in [0.29, 0.717) is 0 Å². The van der Waals surface area contributed by atoms with Crippen molar-refractivity contribution in [1.29, 1.82) is 0 Å². The van der Waals surface area contributed by atoms with Gasteiger partial charge in [0.1, 0.15) is 0 Å². The van der Waals surface area contributed by atoms with Gasteiger partial charge in [0.2, 0.25) is 0 Å². The third-order valence-corrected chi connectivity index (χ3v) is 5.57. The Labute approximate surface area is 110 Å². The molecule has 2 nitrogen and oxygen atoms in total. The summed E-state index contributed by atoms with van der Waals surface area (Å²) in [5, 5.41) is 3.82. The minimum absolute atomic E-state index is 0.866. The molecule has 2 heteroatoms. The van der Waals surface area contributed by atoms with Crippen LogP contribution in [-0.4, -0.2) is 10.6 Å². The summed E-state index contributed by atoms with van der Waals surface area (Å²) in [6.07, 6.45) is 10.4. The Kier molecular flexibility index (Phi) is 2.54. The first-order valence-corrected chi connectivity index (χ1v) is 7.75. The zero-order chi connectivity index (χ0) is 12.1. The second-order valence-corrected chi connectivity index (χ2v) is 6.65. The van der Waals surface area contributed by atoms with E-state index in [-0.39, 0.29) is 0 Å². The van der Waals surface area contributed by atoms with Crippen molar-refractivity contribution in [3.8, 4) is 0 Å². The van der Waals surface area contributed by atoms with Crippen LogP contribution in [0.3, 0.4) is 0 Å². The molecule has 0 aliphatic heterocycles. The molecule has 3 fully saturated rings. The topological polar surface area (TPSA) is 17.0 Å². The van der Waals surface area contributed by atoms with Crippen LogP contribution in [0.2, 0.25) is 0 Å². The van der Waals surface area contributed by atoms with Crippen LogP contribution in [0.1, 0.15) is 38.2 Å². The molecule has 1 heterocycles. The molecule has 0 radical (unpaired) electrons. The Balaban J connectivity index is 1.32. The van der Waals surface area contributed by atoms with Crippen LogP contribution in [0.4, 0.5) is 0 Å². The van der Waals surface area contributed by atoms with E-state index in [9.17, 15) is 0 Å². The van der Waals surface area contributed by atoms with Crippen molar-refractivity contribution in [3.63, 3.8) is 0 Å². The van der Waals surface area contributed by atoms with Gasteiger partial charge >= 0.3 is 0 Å². The van der Waals surface area contributed by atoms with Crippen molar-refractivity contribution in [3.05, 3.63) is 24.0 Å². The minimum Gasteiger partial charge on any atom is -0.354 e. The van der Waals surface area contributed by atoms with Gasteiger partial charge in [0.15, 0.2) is 0 Å². The molecule has 0 amide bonds. The fraction of sp³-hybridized carbons (Fsp3) is 0.750. The van der Waals surface area contributed by atoms with Gasteiger partial charge in [-0.15, -0.1) is 0 Å². The van der Waals surface area contributed by atoms with Crippen molar-refractivity contribution < 1.29 is 0 Å². The first-order chi connectivity index (χ1) is 8.86. The minimum atomic E-state index is 0.866. The molecule has 3 aliphatic carbocycles. The second kappa shape index (κ2) is 4.12. The maximum atomic E-state index is 3.82. The molecule has 4 unspecified atom stereocenters. The van der Waals surface area contributed by atoms with E-state index < -0.39 is 0 Å². The standard InChI is InChI=1S/C16H24N2/c1-2-6-18-7-5-11(10-18)9-17-16-14-12-3-4-13(8-12)15(14)16/h5,7,10,12-17H,2-4,6,8-9H2,1H3. The highest BCUT2D eigenvalue weighted by molar-refractivity contribution is 5.18. The molecule has 1 aromatic rings. The summed E-state index contributed by atoms with van der Waals surface area (Å²) in [5.41, 5.74) is 1.46. The highest BCUT2D eigenvalue weighted by atomic mass is 15.0. The predicted octanol–water partition coefficient (Wildman–Crippen LogP) is 3.03. The first-order valence-electron chi connectivity index (χ1n) is 7.75. The van der Waals surface area contributed by atoms with Crippen LogP contribution in [-0.2, 0) is 13.1 Å². The second-order valence-electron chi connectivity index (χ2n) is 6.65. The molecule has 3 aliphatic rings. The van der Waals surface area contributed by atoms with Crippen LogP contribution in [0.15, 0.2) is 18.5 Å². The Morgan fingerprint density at radius 3 is 2.78 bits per heavy atom. The SMILES string of the molecule is CCCn1ccc(CNC2C3C4CCC(C4)C23)c1. The number of nitrogens with one attached hydrogen (secondary N) is 1. The van der Waals surface area contributed by atoms with Crippen LogP contribution in [0.25, 0.3) is 0 Å². The number of rotatable bonds is 5. The van der Waals surface area contributed by atoms with Gasteiger partial charge in [-0.05, 0) is 61.0 Å². The smallest absolute Gasteiger partial charge is 0.0223 e. The monoisotopic (exact) mass is 244 g/mol. The maximum Gasteiger partial charge on any atom is 0.0223 e. The first kappa shape index (κ1) is 11.1. The molecule has 18 heavy (non-hydrogen) atoms. The molecule has 98 valence electrons. The van der Waals surface area contributed by atoms with Gasteiger partial charge in [-0.25, -0.2) is 0 Å². The molecule has 3 saturated carbocycles. The van der Waals surface area contributed by atoms with E-state index in [1.807, 2.05) is 0 Å². The number of nitrogens with zero attached hydrogens (tertiary/aromatic N) is 1. The predicted molar refractivity (Wildman–Crippen MR) is 73.2 cm³/mol. The van der Waals surface area contributed by atoms with E-state index in [0.717, 1.165) is 42.8 Å². The van der Waals surface area contributed by atoms with E-state index in [1.54, 1.807) is 6.42 Å². The molecular weight excluding hydrogens is 220 g/mol. The Hall–Kier alpha value is -0.760. The lowest BCUT2D eigenvalue weighted by molar-refractivity contribution is 0.456. The van der Waals surface area contributed by atoms with E-state index in [2.05, 4.69) is 35.3 Å². The number of hydrogen-bond acceptors (Lipinski definition) is 1. The van der Waals surface area contributed by atoms with Crippen LogP contribution in [0, 0.1) is 23.7 Å². The zero-order valence-electron chi connectivity index (χ0n) is 11.3. The summed E-state index contributed by atoms with van der Waals surface area (Å²) < 4.78 is 2.31. The van der Waals surface area contributed by atoms with Crippen molar-refractivity contribution in [1.82, 2.24) is 9.88 Å². The molecule has 0 spiro atoms. The van der Waals surface area contributed by atoms with Crippen LogP contribution in [0.5, 0.6) is 0 Å². The third kappa shape index (κ3) is 1.65. The van der Waals surface area contributed by atoms with Gasteiger partial charge in [0, 0.05) is 31.5 Å². The van der Waals surface area contributed by atoms with E-state index >= 15 is 0 Å². The van der Waals surface area contributed by atoms with Gasteiger partial charge < -0.3 is 9.88 Å². The summed E-state index contributed by atoms with van der Waals surface area (Å²) >= 11 is 0. The molecule has 1 N–H and O–H groups in total. The molecule has 0 saturated heterocycles. The highest BCUT2D eigenvalue weighted by Gasteiger charge is 2.64. The number of fused-ring (bicyclic) bond motifs is 5. The lowest BCUT2D eigenvalue weighted by Gasteiger charge is -2.09. The Morgan fingerprint density at radius 2 is 2.06 bits per heavy atom. The number of hydrogen-bond donors (Lipinski definition) is 1. The zero-order valence-corrected chi connectivity index (χ0v) is 11.3. The Morgan fingerprint density at radius 1 is 1.28 bits per heavy atom. The van der Waals surface area contributed by atoms with E-state index in [1.165, 1.54) is 24.8 Å². The summed E-state index contributed by atoms with van der Waals surface area (Å²) in [6.45, 7) is 4.46. The quantitative estimate of drug-likeness (QED) is 0.842. The Bertz CT molecular complexity index is 420. The van der Waals surface area contributed by atoms with Crippen molar-refractivity contribution >= 4 is 0 Å². The summed E-state index contributed by atoms with van der Waals surface area (Å²) in [6, 6.07) is 3.14. The van der Waals surface area contributed by atoms with E-state index in [4.69, 9.17) is 0 Å². The van der Waals surface area contributed by atoms with Crippen molar-refractivity contribution in [2.75, 3.05) is 0 Å². The largest absolute Gasteiger partial charge is 0.354 e. The van der Waals surface area contributed by atoms with Crippen molar-refractivity contribution in [2.24, 2.45) is 23.7 Å². The molecule has 1 aromatic heterocycles. The lowest BCUT2D eigenvalue weighted by Crippen LogP contribution is -2.22. The number of aromatic nitrogens is 1. The summed E-state index contributed by atoms with van der Waals surface area (Å²) in [7, 11) is 0. The molecule has 4 atom stereocenters. The average Bonchev–Trinajstić information content (AvgIpc) is 2.79. The van der Waals surface area contributed by atoms with Gasteiger partial charge in [-0.1, -0.05) is 6.92 Å². The highest BCUT2D eigenvalue weighted by Crippen LogP contribution is 2.65. The molecular formula is C16H24N2. The summed E-state index contributed by atoms with van der Waals surface area (Å²) in [4.78, 5) is 0. The van der Waals surface area contributed by atoms with Crippen LogP contribution < -0.4 is 5.32 Å². The normalized spacial score (nSPS) is 40.2. The molecule has 4 rings (SSSR count). The van der Waals surface area contributed by atoms with Gasteiger partial charge in [-0.2, -0.15) is 0 Å². The number of aryl methyl sites for hydroxylation is 1. The van der Waals surface area contributed by atoms with Crippen LogP contribution >= 0.6 is 0 Å². The van der Waals surface area contributed by atoms with Gasteiger partial charge in [-0.3, -0.25) is 0 Å². The average molecular weight is 244 g/mol. The fourth-order valence-corrected chi connectivity index (χ4v) is 4.83. The third-order valence-electron chi connectivity index (χ3n) is 5.57. The maximum absolute atomic E-state index is 3.82. The molecule has 2 bridgehead atoms. The lowest BCUT2D eigenvalue weighted by atomic mass is 10.0. The fourth-order valence-electron chi connectivity index (χ4n) is 4.83. The van der Waals surface area contributed by atoms with Gasteiger partial charge in [0.25, 0.3) is 0 Å². The van der Waals surface area contributed by atoms with Gasteiger partial charge in [0.05, 0.1) is 0 Å². The van der Waals surface area contributed by atoms with Crippen molar-refractivity contribution in [2.45, 2.75) is 51.7 Å². The summed E-state index contributed by atoms with van der Waals surface area (Å²) in [5.74, 6) is 4.28.